The summed E-state index contributed by atoms with van der Waals surface area (Å²) in [5.74, 6) is -0.397. The van der Waals surface area contributed by atoms with E-state index in [9.17, 15) is 4.39 Å². The molecule has 2 aromatic rings. The zero-order valence-electron chi connectivity index (χ0n) is 9.95. The van der Waals surface area contributed by atoms with E-state index in [4.69, 9.17) is 18.0 Å². The molecule has 6 heteroatoms. The van der Waals surface area contributed by atoms with Gasteiger partial charge in [0.2, 0.25) is 0 Å². The molecule has 0 aliphatic heterocycles. The van der Waals surface area contributed by atoms with Crippen LogP contribution in [0.15, 0.2) is 18.2 Å². The molecule has 1 aromatic carbocycles. The Balaban J connectivity index is 2.27. The van der Waals surface area contributed by atoms with Crippen molar-refractivity contribution >= 4 is 39.4 Å². The minimum atomic E-state index is -0.397. The van der Waals surface area contributed by atoms with E-state index >= 15 is 0 Å². The maximum Gasteiger partial charge on any atom is 0.187 e. The number of thiazole rings is 1. The Morgan fingerprint density at radius 2 is 2.17 bits per heavy atom. The fourth-order valence-corrected chi connectivity index (χ4v) is 2.37. The van der Waals surface area contributed by atoms with Crippen LogP contribution in [0.4, 0.5) is 15.2 Å². The summed E-state index contributed by atoms with van der Waals surface area (Å²) in [6.45, 7) is 3.90. The molecule has 2 rings (SSSR count). The molecule has 0 saturated carbocycles. The summed E-state index contributed by atoms with van der Waals surface area (Å²) in [6, 6.07) is 4.61. The van der Waals surface area contributed by atoms with Crippen molar-refractivity contribution < 1.29 is 4.39 Å². The van der Waals surface area contributed by atoms with Gasteiger partial charge in [-0.05, 0) is 32.0 Å². The van der Waals surface area contributed by atoms with Gasteiger partial charge in [0.25, 0.3) is 0 Å². The Kier molecular flexibility index (Phi) is 3.58. The third-order valence-corrected chi connectivity index (χ3v) is 3.75. The summed E-state index contributed by atoms with van der Waals surface area (Å²) < 4.78 is 13.8. The topological polar surface area (TPSA) is 50.9 Å². The molecule has 0 aliphatic carbocycles. The SMILES string of the molecule is Cc1nc(Nc2ccc(C(N)=S)cc2F)sc1C. The van der Waals surface area contributed by atoms with Crippen LogP contribution in [0.25, 0.3) is 0 Å². The van der Waals surface area contributed by atoms with Gasteiger partial charge in [-0.3, -0.25) is 0 Å². The van der Waals surface area contributed by atoms with Crippen molar-refractivity contribution in [3.8, 4) is 0 Å². The fourth-order valence-electron chi connectivity index (χ4n) is 1.41. The van der Waals surface area contributed by atoms with Gasteiger partial charge in [-0.25, -0.2) is 9.37 Å². The zero-order chi connectivity index (χ0) is 13.3. The predicted molar refractivity (Wildman–Crippen MR) is 77.2 cm³/mol. The monoisotopic (exact) mass is 281 g/mol. The molecule has 0 aliphatic rings. The highest BCUT2D eigenvalue weighted by Crippen LogP contribution is 2.26. The lowest BCUT2D eigenvalue weighted by Gasteiger charge is -2.05. The number of halogens is 1. The molecule has 18 heavy (non-hydrogen) atoms. The minimum absolute atomic E-state index is 0.182. The number of aryl methyl sites for hydroxylation is 2. The van der Waals surface area contributed by atoms with Crippen LogP contribution >= 0.6 is 23.6 Å². The van der Waals surface area contributed by atoms with E-state index in [1.165, 1.54) is 17.4 Å². The molecule has 1 heterocycles. The maximum absolute atomic E-state index is 13.8. The number of nitrogens with two attached hydrogens (primary N) is 1. The first-order chi connectivity index (χ1) is 8.47. The highest BCUT2D eigenvalue weighted by atomic mass is 32.1. The molecule has 0 amide bonds. The van der Waals surface area contributed by atoms with Crippen LogP contribution in [0.5, 0.6) is 0 Å². The summed E-state index contributed by atoms with van der Waals surface area (Å²) in [4.78, 5) is 5.59. The first kappa shape index (κ1) is 12.9. The smallest absolute Gasteiger partial charge is 0.187 e. The van der Waals surface area contributed by atoms with Crippen molar-refractivity contribution in [1.29, 1.82) is 0 Å². The van der Waals surface area contributed by atoms with Gasteiger partial charge in [0.1, 0.15) is 10.8 Å². The summed E-state index contributed by atoms with van der Waals surface area (Å²) in [6.07, 6.45) is 0. The average molecular weight is 281 g/mol. The molecule has 0 bridgehead atoms. The van der Waals surface area contributed by atoms with Crippen LogP contribution in [0.2, 0.25) is 0 Å². The van der Waals surface area contributed by atoms with E-state index in [2.05, 4.69) is 10.3 Å². The van der Waals surface area contributed by atoms with Gasteiger partial charge in [0.05, 0.1) is 11.4 Å². The van der Waals surface area contributed by atoms with E-state index in [-0.39, 0.29) is 4.99 Å². The Morgan fingerprint density at radius 3 is 2.67 bits per heavy atom. The molecule has 3 nitrogen and oxygen atoms in total. The van der Waals surface area contributed by atoms with Crippen LogP contribution in [0, 0.1) is 19.7 Å². The number of thiocarbonyl (C=S) groups is 1. The number of aromatic nitrogens is 1. The number of nitrogens with zero attached hydrogens (tertiary/aromatic N) is 1. The van der Waals surface area contributed by atoms with E-state index in [1.807, 2.05) is 13.8 Å². The summed E-state index contributed by atoms with van der Waals surface area (Å²) in [5.41, 5.74) is 7.27. The van der Waals surface area contributed by atoms with Crippen LogP contribution in [-0.2, 0) is 0 Å². The molecule has 0 fully saturated rings. The third-order valence-electron chi connectivity index (χ3n) is 2.52. The largest absolute Gasteiger partial charge is 0.389 e. The number of nitrogens with one attached hydrogen (secondary N) is 1. The molecular weight excluding hydrogens is 269 g/mol. The molecule has 3 N–H and O–H groups in total. The number of hydrogen-bond acceptors (Lipinski definition) is 4. The third kappa shape index (κ3) is 2.65. The minimum Gasteiger partial charge on any atom is -0.389 e. The van der Waals surface area contributed by atoms with E-state index < -0.39 is 5.82 Å². The van der Waals surface area contributed by atoms with Crippen LogP contribution < -0.4 is 11.1 Å². The lowest BCUT2D eigenvalue weighted by atomic mass is 10.2. The Labute approximate surface area is 114 Å². The van der Waals surface area contributed by atoms with Gasteiger partial charge in [0.15, 0.2) is 5.13 Å². The van der Waals surface area contributed by atoms with Crippen molar-refractivity contribution in [2.75, 3.05) is 5.32 Å². The quantitative estimate of drug-likeness (QED) is 0.848. The molecule has 0 radical (unpaired) electrons. The van der Waals surface area contributed by atoms with Gasteiger partial charge in [-0.1, -0.05) is 12.2 Å². The lowest BCUT2D eigenvalue weighted by molar-refractivity contribution is 0.631. The molecule has 1 aromatic heterocycles. The fraction of sp³-hybridized carbons (Fsp3) is 0.167. The molecule has 0 unspecified atom stereocenters. The van der Waals surface area contributed by atoms with Gasteiger partial charge >= 0.3 is 0 Å². The molecule has 0 spiro atoms. The molecule has 94 valence electrons. The average Bonchev–Trinajstić information content (AvgIpc) is 2.61. The second kappa shape index (κ2) is 4.99. The molecule has 0 atom stereocenters. The zero-order valence-corrected chi connectivity index (χ0v) is 11.6. The van der Waals surface area contributed by atoms with Crippen LogP contribution in [-0.4, -0.2) is 9.97 Å². The summed E-state index contributed by atoms with van der Waals surface area (Å²) >= 11 is 6.28. The van der Waals surface area contributed by atoms with E-state index in [1.54, 1.807) is 12.1 Å². The van der Waals surface area contributed by atoms with Crippen LogP contribution in [0.3, 0.4) is 0 Å². The van der Waals surface area contributed by atoms with Crippen LogP contribution in [0.1, 0.15) is 16.1 Å². The van der Waals surface area contributed by atoms with Crippen molar-refractivity contribution in [2.24, 2.45) is 5.73 Å². The van der Waals surface area contributed by atoms with Gasteiger partial charge in [-0.2, -0.15) is 0 Å². The number of hydrogen-bond donors (Lipinski definition) is 2. The molecule has 0 saturated heterocycles. The van der Waals surface area contributed by atoms with E-state index in [0.29, 0.717) is 16.4 Å². The first-order valence-electron chi connectivity index (χ1n) is 5.28. The van der Waals surface area contributed by atoms with Gasteiger partial charge < -0.3 is 11.1 Å². The van der Waals surface area contributed by atoms with Gasteiger partial charge in [0, 0.05) is 10.4 Å². The lowest BCUT2D eigenvalue weighted by Crippen LogP contribution is -2.09. The van der Waals surface area contributed by atoms with Crippen molar-refractivity contribution in [3.05, 3.63) is 40.2 Å². The predicted octanol–water partition coefficient (Wildman–Crippen LogP) is 3.28. The second-order valence-electron chi connectivity index (χ2n) is 3.84. The second-order valence-corrected chi connectivity index (χ2v) is 5.49. The van der Waals surface area contributed by atoms with Crippen molar-refractivity contribution in [3.63, 3.8) is 0 Å². The number of rotatable bonds is 3. The van der Waals surface area contributed by atoms with E-state index in [0.717, 1.165) is 10.6 Å². The Morgan fingerprint density at radius 1 is 1.44 bits per heavy atom. The number of anilines is 2. The van der Waals surface area contributed by atoms with Crippen molar-refractivity contribution in [2.45, 2.75) is 13.8 Å². The maximum atomic E-state index is 13.8. The normalized spacial score (nSPS) is 10.4. The van der Waals surface area contributed by atoms with Crippen molar-refractivity contribution in [1.82, 2.24) is 4.98 Å². The Hall–Kier alpha value is -1.53. The Bertz CT molecular complexity index is 588. The summed E-state index contributed by atoms with van der Waals surface area (Å²) in [5, 5.41) is 3.62. The highest BCUT2D eigenvalue weighted by Gasteiger charge is 2.08. The summed E-state index contributed by atoms with van der Waals surface area (Å²) in [7, 11) is 0. The standard InChI is InChI=1S/C12H12FN3S2/c1-6-7(2)18-12(15-6)16-10-4-3-8(11(14)17)5-9(10)13/h3-5H,1-2H3,(H2,14,17)(H,15,16). The number of benzene rings is 1. The molecular formula is C12H12FN3S2. The first-order valence-corrected chi connectivity index (χ1v) is 6.50. The van der Waals surface area contributed by atoms with Gasteiger partial charge in [-0.15, -0.1) is 11.3 Å². The highest BCUT2D eigenvalue weighted by molar-refractivity contribution is 7.80.